The highest BCUT2D eigenvalue weighted by Crippen LogP contribution is 2.24. The number of aryl methyl sites for hydroxylation is 1. The van der Waals surface area contributed by atoms with E-state index >= 15 is 0 Å². The molecule has 3 rings (SSSR count). The van der Waals surface area contributed by atoms with Gasteiger partial charge in [0.1, 0.15) is 12.6 Å². The van der Waals surface area contributed by atoms with Crippen molar-refractivity contribution in [3.63, 3.8) is 0 Å². The van der Waals surface area contributed by atoms with Crippen LogP contribution in [0, 0.1) is 18.3 Å². The number of carbonyl (C=O) groups is 1. The molecule has 1 heterocycles. The smallest absolute Gasteiger partial charge is 0.240 e. The Morgan fingerprint density at radius 3 is 2.75 bits per heavy atom. The van der Waals surface area contributed by atoms with Crippen molar-refractivity contribution in [3.8, 4) is 6.07 Å². The van der Waals surface area contributed by atoms with E-state index in [2.05, 4.69) is 22.4 Å². The number of nitriles is 1. The van der Waals surface area contributed by atoms with Crippen molar-refractivity contribution < 1.29 is 4.79 Å². The van der Waals surface area contributed by atoms with Crippen LogP contribution >= 0.6 is 0 Å². The first kappa shape index (κ1) is 19.6. The normalized spacial score (nSPS) is 12.6. The van der Waals surface area contributed by atoms with Gasteiger partial charge in [-0.15, -0.1) is 0 Å². The number of imidazole rings is 1. The first-order chi connectivity index (χ1) is 13.2. The van der Waals surface area contributed by atoms with Crippen LogP contribution in [0.15, 0.2) is 42.7 Å². The average Bonchev–Trinajstić information content (AvgIpc) is 3.03. The quantitative estimate of drug-likeness (QED) is 0.715. The van der Waals surface area contributed by atoms with Crippen molar-refractivity contribution in [2.75, 3.05) is 0 Å². The lowest BCUT2D eigenvalue weighted by Gasteiger charge is -2.23. The van der Waals surface area contributed by atoms with E-state index in [-0.39, 0.29) is 18.5 Å². The lowest BCUT2D eigenvalue weighted by atomic mass is 9.91. The molecule has 1 amide bonds. The standard InChI is InChI=1S/C22H25N5O/c1-14-10-17(22(3,4)24)8-9-18(14)15(2)26-20(28)12-27-13-25-19-7-5-6-16(11-23)21(19)27/h5-10,13,15H,12,24H2,1-4H3,(H,26,28). The lowest BCUT2D eigenvalue weighted by molar-refractivity contribution is -0.122. The van der Waals surface area contributed by atoms with Gasteiger partial charge in [-0.05, 0) is 56.5 Å². The number of nitrogens with zero attached hydrogens (tertiary/aromatic N) is 3. The third kappa shape index (κ3) is 3.90. The van der Waals surface area contributed by atoms with Gasteiger partial charge in [-0.1, -0.05) is 24.3 Å². The Kier molecular flexibility index (Phi) is 5.21. The van der Waals surface area contributed by atoms with Crippen molar-refractivity contribution in [3.05, 3.63) is 65.0 Å². The molecular weight excluding hydrogens is 350 g/mol. The predicted octanol–water partition coefficient (Wildman–Crippen LogP) is 3.29. The fraction of sp³-hybridized carbons (Fsp3) is 0.318. The molecule has 0 aliphatic carbocycles. The van der Waals surface area contributed by atoms with Gasteiger partial charge in [-0.3, -0.25) is 4.79 Å². The molecule has 1 aromatic heterocycles. The first-order valence-corrected chi connectivity index (χ1v) is 9.24. The summed E-state index contributed by atoms with van der Waals surface area (Å²) in [4.78, 5) is 16.9. The lowest BCUT2D eigenvalue weighted by Crippen LogP contribution is -2.31. The number of amides is 1. The van der Waals surface area contributed by atoms with E-state index in [0.29, 0.717) is 16.6 Å². The van der Waals surface area contributed by atoms with Crippen LogP contribution in [0.3, 0.4) is 0 Å². The zero-order valence-electron chi connectivity index (χ0n) is 16.7. The van der Waals surface area contributed by atoms with Gasteiger partial charge in [0.2, 0.25) is 5.91 Å². The maximum absolute atomic E-state index is 12.6. The second-order valence-electron chi connectivity index (χ2n) is 7.74. The number of rotatable bonds is 5. The summed E-state index contributed by atoms with van der Waals surface area (Å²) in [6, 6.07) is 13.5. The number of para-hydroxylation sites is 1. The zero-order chi connectivity index (χ0) is 20.5. The molecule has 0 aliphatic heterocycles. The number of hydrogen-bond acceptors (Lipinski definition) is 4. The minimum Gasteiger partial charge on any atom is -0.348 e. The van der Waals surface area contributed by atoms with E-state index in [1.165, 1.54) is 0 Å². The molecule has 6 nitrogen and oxygen atoms in total. The Labute approximate surface area is 165 Å². The second kappa shape index (κ2) is 7.45. The molecule has 0 saturated heterocycles. The van der Waals surface area contributed by atoms with Crippen LogP contribution < -0.4 is 11.1 Å². The molecule has 0 fully saturated rings. The monoisotopic (exact) mass is 375 g/mol. The summed E-state index contributed by atoms with van der Waals surface area (Å²) < 4.78 is 1.71. The summed E-state index contributed by atoms with van der Waals surface area (Å²) in [7, 11) is 0. The molecule has 0 bridgehead atoms. The van der Waals surface area contributed by atoms with E-state index in [4.69, 9.17) is 5.73 Å². The van der Waals surface area contributed by atoms with Crippen molar-refractivity contribution in [1.82, 2.24) is 14.9 Å². The zero-order valence-corrected chi connectivity index (χ0v) is 16.7. The van der Waals surface area contributed by atoms with Gasteiger partial charge in [0, 0.05) is 5.54 Å². The van der Waals surface area contributed by atoms with E-state index in [0.717, 1.165) is 16.7 Å². The Morgan fingerprint density at radius 1 is 1.36 bits per heavy atom. The summed E-state index contributed by atoms with van der Waals surface area (Å²) in [6.45, 7) is 8.03. The first-order valence-electron chi connectivity index (χ1n) is 9.24. The number of benzene rings is 2. The topological polar surface area (TPSA) is 96.7 Å². The maximum atomic E-state index is 12.6. The number of carbonyl (C=O) groups excluding carboxylic acids is 1. The number of fused-ring (bicyclic) bond motifs is 1. The van der Waals surface area contributed by atoms with Gasteiger partial charge in [-0.2, -0.15) is 5.26 Å². The van der Waals surface area contributed by atoms with E-state index in [1.54, 1.807) is 23.0 Å². The van der Waals surface area contributed by atoms with Crippen LogP contribution in [-0.2, 0) is 16.9 Å². The van der Waals surface area contributed by atoms with Gasteiger partial charge in [0.05, 0.1) is 29.0 Å². The number of aromatic nitrogens is 2. The van der Waals surface area contributed by atoms with Crippen LogP contribution in [0.4, 0.5) is 0 Å². The van der Waals surface area contributed by atoms with Gasteiger partial charge in [0.25, 0.3) is 0 Å². The minimum atomic E-state index is -0.406. The van der Waals surface area contributed by atoms with Gasteiger partial charge < -0.3 is 15.6 Å². The summed E-state index contributed by atoms with van der Waals surface area (Å²) in [5.74, 6) is -0.137. The predicted molar refractivity (Wildman–Crippen MR) is 109 cm³/mol. The Hall–Kier alpha value is -3.17. The SMILES string of the molecule is Cc1cc(C(C)(C)N)ccc1C(C)NC(=O)Cn1cnc2cccc(C#N)c21. The molecule has 0 radical (unpaired) electrons. The molecule has 1 atom stereocenters. The third-order valence-electron chi connectivity index (χ3n) is 4.93. The fourth-order valence-corrected chi connectivity index (χ4v) is 3.42. The van der Waals surface area contributed by atoms with Gasteiger partial charge in [-0.25, -0.2) is 4.98 Å². The largest absolute Gasteiger partial charge is 0.348 e. The number of hydrogen-bond donors (Lipinski definition) is 2. The molecule has 1 unspecified atom stereocenters. The van der Waals surface area contributed by atoms with Crippen LogP contribution in [0.25, 0.3) is 11.0 Å². The summed E-state index contributed by atoms with van der Waals surface area (Å²) in [6.07, 6.45) is 1.60. The van der Waals surface area contributed by atoms with E-state index in [9.17, 15) is 10.1 Å². The van der Waals surface area contributed by atoms with Gasteiger partial charge >= 0.3 is 0 Å². The molecule has 6 heteroatoms. The van der Waals surface area contributed by atoms with Crippen molar-refractivity contribution in [1.29, 1.82) is 5.26 Å². The van der Waals surface area contributed by atoms with Gasteiger partial charge in [0.15, 0.2) is 0 Å². The molecule has 0 aliphatic rings. The molecule has 0 saturated carbocycles. The molecule has 144 valence electrons. The highest BCUT2D eigenvalue weighted by atomic mass is 16.2. The summed E-state index contributed by atoms with van der Waals surface area (Å²) in [5.41, 5.74) is 10.9. The molecule has 3 aromatic rings. The number of nitrogens with one attached hydrogen (secondary N) is 1. The van der Waals surface area contributed by atoms with E-state index < -0.39 is 5.54 Å². The molecule has 2 aromatic carbocycles. The summed E-state index contributed by atoms with van der Waals surface area (Å²) in [5, 5.41) is 12.4. The third-order valence-corrected chi connectivity index (χ3v) is 4.93. The number of nitrogens with two attached hydrogens (primary N) is 1. The van der Waals surface area contributed by atoms with Crippen LogP contribution in [0.1, 0.15) is 49.1 Å². The molecule has 3 N–H and O–H groups in total. The van der Waals surface area contributed by atoms with Crippen molar-refractivity contribution >= 4 is 16.9 Å². The molecular formula is C22H25N5O. The van der Waals surface area contributed by atoms with Crippen LogP contribution in [-0.4, -0.2) is 15.5 Å². The van der Waals surface area contributed by atoms with Crippen molar-refractivity contribution in [2.24, 2.45) is 5.73 Å². The Bertz CT molecular complexity index is 1070. The summed E-state index contributed by atoms with van der Waals surface area (Å²) >= 11 is 0. The van der Waals surface area contributed by atoms with Crippen molar-refractivity contribution in [2.45, 2.75) is 45.8 Å². The minimum absolute atomic E-state index is 0.104. The fourth-order valence-electron chi connectivity index (χ4n) is 3.42. The Morgan fingerprint density at radius 2 is 2.11 bits per heavy atom. The second-order valence-corrected chi connectivity index (χ2v) is 7.74. The maximum Gasteiger partial charge on any atom is 0.240 e. The highest BCUT2D eigenvalue weighted by molar-refractivity contribution is 5.84. The van der Waals surface area contributed by atoms with Crippen LogP contribution in [0.2, 0.25) is 0 Å². The van der Waals surface area contributed by atoms with E-state index in [1.807, 2.05) is 45.9 Å². The van der Waals surface area contributed by atoms with Crippen LogP contribution in [0.5, 0.6) is 0 Å². The molecule has 0 spiro atoms. The molecule has 28 heavy (non-hydrogen) atoms. The highest BCUT2D eigenvalue weighted by Gasteiger charge is 2.18. The Balaban J connectivity index is 1.76. The average molecular weight is 375 g/mol.